The second kappa shape index (κ2) is 8.88. The molecule has 0 bridgehead atoms. The van der Waals surface area contributed by atoms with Crippen molar-refractivity contribution < 1.29 is 36.2 Å². The van der Waals surface area contributed by atoms with Gasteiger partial charge in [-0.25, -0.2) is 18.6 Å². The Morgan fingerprint density at radius 1 is 1.03 bits per heavy atom. The first kappa shape index (κ1) is 24.9. The van der Waals surface area contributed by atoms with Crippen LogP contribution < -0.4 is 10.2 Å². The zero-order chi connectivity index (χ0) is 25.5. The molecule has 34 heavy (non-hydrogen) atoms. The van der Waals surface area contributed by atoms with Crippen molar-refractivity contribution in [2.45, 2.75) is 33.9 Å². The fraction of sp³-hybridized carbons (Fsp3) is 0.261. The zero-order valence-corrected chi connectivity index (χ0v) is 18.7. The van der Waals surface area contributed by atoms with Crippen LogP contribution in [0.3, 0.4) is 0 Å². The summed E-state index contributed by atoms with van der Waals surface area (Å²) in [6, 6.07) is 1.86. The average Bonchev–Trinajstić information content (AvgIpc) is 2.76. The molecule has 0 aliphatic heterocycles. The number of hydrogen-bond acceptors (Lipinski definition) is 5. The molecule has 0 unspecified atom stereocenters. The van der Waals surface area contributed by atoms with Gasteiger partial charge in [0.2, 0.25) is 5.88 Å². The lowest BCUT2D eigenvalue weighted by Gasteiger charge is -2.20. The first-order valence-electron chi connectivity index (χ1n) is 9.80. The first-order valence-corrected chi connectivity index (χ1v) is 9.80. The van der Waals surface area contributed by atoms with Crippen LogP contribution in [0.25, 0.3) is 11.3 Å². The van der Waals surface area contributed by atoms with Gasteiger partial charge in [0.25, 0.3) is 0 Å². The molecule has 0 aliphatic rings. The zero-order valence-electron chi connectivity index (χ0n) is 18.7. The number of halogens is 5. The van der Waals surface area contributed by atoms with Gasteiger partial charge >= 0.3 is 12.1 Å². The molecular weight excluding hydrogens is 463 g/mol. The summed E-state index contributed by atoms with van der Waals surface area (Å²) in [7, 11) is 1.01. The summed E-state index contributed by atoms with van der Waals surface area (Å²) in [5, 5.41) is 0. The highest BCUT2D eigenvalue weighted by Crippen LogP contribution is 2.42. The highest BCUT2D eigenvalue weighted by molar-refractivity contribution is 5.97. The number of nitrogens with zero attached hydrogens (tertiary/aromatic N) is 1. The summed E-state index contributed by atoms with van der Waals surface area (Å²) >= 11 is 0. The molecule has 0 fully saturated rings. The molecule has 180 valence electrons. The highest BCUT2D eigenvalue weighted by Gasteiger charge is 2.36. The molecule has 0 atom stereocenters. The molecule has 3 aromatic rings. The number of esters is 1. The molecule has 0 saturated carbocycles. The van der Waals surface area contributed by atoms with Gasteiger partial charge in [0.1, 0.15) is 11.3 Å². The molecule has 0 radical (unpaired) electrons. The van der Waals surface area contributed by atoms with Gasteiger partial charge in [-0.1, -0.05) is 0 Å². The van der Waals surface area contributed by atoms with E-state index in [4.69, 9.17) is 4.74 Å². The summed E-state index contributed by atoms with van der Waals surface area (Å²) in [6.45, 7) is 5.25. The van der Waals surface area contributed by atoms with E-state index in [2.05, 4.69) is 14.7 Å². The third-order valence-corrected chi connectivity index (χ3v) is 5.44. The summed E-state index contributed by atoms with van der Waals surface area (Å²) in [6.07, 6.45) is -4.31. The van der Waals surface area contributed by atoms with Crippen molar-refractivity contribution in [3.63, 3.8) is 0 Å². The van der Waals surface area contributed by atoms with Crippen LogP contribution in [0.5, 0.6) is 11.6 Å². The van der Waals surface area contributed by atoms with Crippen molar-refractivity contribution in [2.75, 3.05) is 7.11 Å². The van der Waals surface area contributed by atoms with Crippen LogP contribution in [-0.2, 0) is 10.9 Å². The van der Waals surface area contributed by atoms with Crippen LogP contribution in [0.15, 0.2) is 23.1 Å². The van der Waals surface area contributed by atoms with Crippen LogP contribution in [-0.4, -0.2) is 23.0 Å². The van der Waals surface area contributed by atoms with Crippen LogP contribution >= 0.6 is 0 Å². The second-order valence-corrected chi connectivity index (χ2v) is 7.51. The van der Waals surface area contributed by atoms with Gasteiger partial charge in [-0.15, -0.1) is 0 Å². The van der Waals surface area contributed by atoms with Crippen LogP contribution in [0, 0.1) is 39.3 Å². The standard InChI is InChI=1S/C23H19F5N2O4/c1-9-12(4)30-19(17(20(9)31)22(32)33-5)16-10(2)13(23(26,27)28)8-29-21(16)34-15-7-6-14(24)18(25)11(15)3/h6-8H,1-5H3,(H,30,31). The molecule has 6 nitrogen and oxygen atoms in total. The number of aromatic nitrogens is 2. The maximum Gasteiger partial charge on any atom is 0.418 e. The van der Waals surface area contributed by atoms with Gasteiger partial charge in [0, 0.05) is 23.0 Å². The number of hydrogen-bond donors (Lipinski definition) is 1. The number of aromatic amines is 1. The maximum atomic E-state index is 14.1. The normalized spacial score (nSPS) is 11.5. The lowest BCUT2D eigenvalue weighted by Crippen LogP contribution is -2.23. The van der Waals surface area contributed by atoms with E-state index in [-0.39, 0.29) is 33.8 Å². The largest absolute Gasteiger partial charge is 0.465 e. The Kier molecular flexibility index (Phi) is 6.50. The van der Waals surface area contributed by atoms with E-state index in [0.29, 0.717) is 6.20 Å². The van der Waals surface area contributed by atoms with E-state index < -0.39 is 51.8 Å². The minimum Gasteiger partial charge on any atom is -0.465 e. The monoisotopic (exact) mass is 482 g/mol. The molecule has 3 rings (SSSR count). The number of ether oxygens (including phenoxy) is 2. The van der Waals surface area contributed by atoms with E-state index in [1.165, 1.54) is 20.8 Å². The molecule has 11 heteroatoms. The van der Waals surface area contributed by atoms with Gasteiger partial charge in [-0.2, -0.15) is 13.2 Å². The minimum absolute atomic E-state index is 0.153. The number of methoxy groups -OCH3 is 1. The van der Waals surface area contributed by atoms with Crippen molar-refractivity contribution in [3.8, 4) is 22.9 Å². The topological polar surface area (TPSA) is 81.3 Å². The fourth-order valence-corrected chi connectivity index (χ4v) is 3.39. The Hall–Kier alpha value is -3.76. The molecular formula is C23H19F5N2O4. The molecule has 2 heterocycles. The summed E-state index contributed by atoms with van der Waals surface area (Å²) in [5.41, 5.74) is -3.38. The summed E-state index contributed by atoms with van der Waals surface area (Å²) in [4.78, 5) is 31.9. The number of pyridine rings is 2. The SMILES string of the molecule is COC(=O)c1c(-c2c(Oc3ccc(F)c(F)c3C)ncc(C(F)(F)F)c2C)[nH]c(C)c(C)c1=O. The number of aryl methyl sites for hydroxylation is 1. The molecule has 0 amide bonds. The Balaban J connectivity index is 2.42. The molecule has 0 aliphatic carbocycles. The predicted molar refractivity (Wildman–Crippen MR) is 112 cm³/mol. The Morgan fingerprint density at radius 2 is 1.68 bits per heavy atom. The van der Waals surface area contributed by atoms with Gasteiger partial charge in [-0.05, 0) is 45.4 Å². The van der Waals surface area contributed by atoms with Crippen LogP contribution in [0.2, 0.25) is 0 Å². The molecule has 1 N–H and O–H groups in total. The summed E-state index contributed by atoms with van der Waals surface area (Å²) < 4.78 is 78.9. The number of carbonyl (C=O) groups is 1. The van der Waals surface area contributed by atoms with Gasteiger partial charge < -0.3 is 14.5 Å². The molecule has 0 saturated heterocycles. The van der Waals surface area contributed by atoms with Crippen molar-refractivity contribution in [1.82, 2.24) is 9.97 Å². The molecule has 2 aromatic heterocycles. The van der Waals surface area contributed by atoms with Gasteiger partial charge in [0.05, 0.1) is 23.9 Å². The Bertz CT molecular complexity index is 1360. The third kappa shape index (κ3) is 4.25. The highest BCUT2D eigenvalue weighted by atomic mass is 19.4. The van der Waals surface area contributed by atoms with Crippen molar-refractivity contribution in [1.29, 1.82) is 0 Å². The number of nitrogens with one attached hydrogen (secondary N) is 1. The Labute approximate surface area is 190 Å². The number of rotatable bonds is 4. The third-order valence-electron chi connectivity index (χ3n) is 5.44. The molecule has 0 spiro atoms. The van der Waals surface area contributed by atoms with Gasteiger partial charge in [-0.3, -0.25) is 4.79 Å². The van der Waals surface area contributed by atoms with E-state index in [1.807, 2.05) is 0 Å². The van der Waals surface area contributed by atoms with E-state index >= 15 is 0 Å². The minimum atomic E-state index is -4.83. The number of carbonyl (C=O) groups excluding carboxylic acids is 1. The number of benzene rings is 1. The van der Waals surface area contributed by atoms with Gasteiger partial charge in [0.15, 0.2) is 17.1 Å². The average molecular weight is 482 g/mol. The number of H-pyrrole nitrogens is 1. The van der Waals surface area contributed by atoms with E-state index in [9.17, 15) is 31.5 Å². The molecule has 1 aromatic carbocycles. The predicted octanol–water partition coefficient (Wildman–Crippen LogP) is 5.55. The fourth-order valence-electron chi connectivity index (χ4n) is 3.39. The second-order valence-electron chi connectivity index (χ2n) is 7.51. The van der Waals surface area contributed by atoms with E-state index in [1.54, 1.807) is 0 Å². The maximum absolute atomic E-state index is 14.1. The quantitative estimate of drug-likeness (QED) is 0.390. The van der Waals surface area contributed by atoms with Crippen molar-refractivity contribution >= 4 is 5.97 Å². The van der Waals surface area contributed by atoms with E-state index in [0.717, 1.165) is 26.2 Å². The Morgan fingerprint density at radius 3 is 2.26 bits per heavy atom. The lowest BCUT2D eigenvalue weighted by atomic mass is 9.96. The van der Waals surface area contributed by atoms with Crippen LogP contribution in [0.1, 0.15) is 38.3 Å². The smallest absolute Gasteiger partial charge is 0.418 e. The summed E-state index contributed by atoms with van der Waals surface area (Å²) in [5.74, 6) is -4.14. The first-order chi connectivity index (χ1) is 15.8. The van der Waals surface area contributed by atoms with Crippen molar-refractivity contribution in [2.24, 2.45) is 0 Å². The van der Waals surface area contributed by atoms with Crippen LogP contribution in [0.4, 0.5) is 22.0 Å². The number of alkyl halides is 3. The lowest BCUT2D eigenvalue weighted by molar-refractivity contribution is -0.138. The van der Waals surface area contributed by atoms with Crippen molar-refractivity contribution in [3.05, 3.63) is 73.7 Å².